The minimum Gasteiger partial charge on any atom is -0.481 e. The lowest BCUT2D eigenvalue weighted by Crippen LogP contribution is -2.41. The van der Waals surface area contributed by atoms with E-state index in [1.807, 2.05) is 62.1 Å². The normalized spacial score (nSPS) is 15.4. The first kappa shape index (κ1) is 49.7. The van der Waals surface area contributed by atoms with Gasteiger partial charge in [-0.25, -0.2) is 13.2 Å². The average Bonchev–Trinajstić information content (AvgIpc) is 3.60. The van der Waals surface area contributed by atoms with Crippen LogP contribution < -0.4 is 5.32 Å². The van der Waals surface area contributed by atoms with Crippen LogP contribution in [0.2, 0.25) is 0 Å². The third-order valence-electron chi connectivity index (χ3n) is 9.02. The number of nitrogens with zero attached hydrogens (tertiary/aromatic N) is 1. The van der Waals surface area contributed by atoms with Gasteiger partial charge in [0, 0.05) is 24.4 Å². The van der Waals surface area contributed by atoms with Crippen LogP contribution in [0.1, 0.15) is 92.8 Å². The molecule has 4 rings (SSSR count). The van der Waals surface area contributed by atoms with Gasteiger partial charge in [0.15, 0.2) is 0 Å². The van der Waals surface area contributed by atoms with Gasteiger partial charge in [-0.2, -0.15) is 23.5 Å². The molecule has 3 aromatic rings. The number of nitrogens with one attached hydrogen (secondary N) is 1. The van der Waals surface area contributed by atoms with Gasteiger partial charge in [0.25, 0.3) is 5.91 Å². The minimum atomic E-state index is -3.02. The molecule has 3 N–H and O–H groups in total. The smallest absolute Gasteiger partial charge is 0.326 e. The molecule has 9 nitrogen and oxygen atoms in total. The van der Waals surface area contributed by atoms with Gasteiger partial charge in [-0.05, 0) is 110 Å². The number of benzene rings is 3. The summed E-state index contributed by atoms with van der Waals surface area (Å²) < 4.78 is 21.1. The van der Waals surface area contributed by atoms with Gasteiger partial charge < -0.3 is 15.5 Å². The summed E-state index contributed by atoms with van der Waals surface area (Å²) in [7, 11) is -3.02. The summed E-state index contributed by atoms with van der Waals surface area (Å²) in [6, 6.07) is 24.3. The Hall–Kier alpha value is -3.32. The standard InChI is InChI=1S/C32H38N2O3S.C6H12O4S.C3H8.C2H6S/c1-22-10-7-8-13-26(22)28-20-24(15-16-27(28)31(35)33-29(32(36)37)17-19-38-3)21-34-18-9-14-30(34)23(2)25-11-5-4-6-12-25;1-5(6(7)8)3-4-11(2,9)10;2*1-3-2/h4-8,10-13,15-16,20,23,29-30H,9,14,17-19,21H2,1-3H3,(H,33,35)(H,36,37);5H,3-4H2,1-2H3,(H,7,8);3H2,1-2H3;1-2H3. The Labute approximate surface area is 339 Å². The molecule has 0 bridgehead atoms. The zero-order chi connectivity index (χ0) is 41.6. The van der Waals surface area contributed by atoms with E-state index in [4.69, 9.17) is 5.11 Å². The number of aliphatic carboxylic acids is 2. The summed E-state index contributed by atoms with van der Waals surface area (Å²) in [5.41, 5.74) is 5.95. The second-order valence-corrected chi connectivity index (χ2v) is 18.1. The predicted molar refractivity (Wildman–Crippen MR) is 233 cm³/mol. The van der Waals surface area contributed by atoms with Crippen LogP contribution in [0, 0.1) is 12.8 Å². The maximum Gasteiger partial charge on any atom is 0.326 e. The maximum atomic E-state index is 13.4. The number of carbonyl (C=O) groups is 3. The van der Waals surface area contributed by atoms with Crippen molar-refractivity contribution in [3.05, 3.63) is 95.1 Å². The lowest BCUT2D eigenvalue weighted by Gasteiger charge is -2.30. The van der Waals surface area contributed by atoms with E-state index in [1.165, 1.54) is 31.7 Å². The predicted octanol–water partition coefficient (Wildman–Crippen LogP) is 8.90. The molecular weight excluding hydrogens is 753 g/mol. The molecule has 1 saturated heterocycles. The molecule has 0 aromatic heterocycles. The van der Waals surface area contributed by atoms with Crippen molar-refractivity contribution in [2.75, 3.05) is 43.1 Å². The minimum absolute atomic E-state index is 0.0551. The summed E-state index contributed by atoms with van der Waals surface area (Å²) in [6.07, 6.45) is 11.3. The van der Waals surface area contributed by atoms with Crippen LogP contribution in [-0.4, -0.2) is 96.5 Å². The van der Waals surface area contributed by atoms with Crippen LogP contribution in [0.3, 0.4) is 0 Å². The van der Waals surface area contributed by atoms with E-state index in [9.17, 15) is 27.9 Å². The SMILES string of the molecule is CC(CCS(C)(=O)=O)C(=O)O.CCC.CSC.CSCCC(NC(=O)c1ccc(CN2CCCC2C(C)c2ccccc2)cc1-c1ccccc1C)C(=O)O. The van der Waals surface area contributed by atoms with Crippen molar-refractivity contribution >= 4 is 51.2 Å². The van der Waals surface area contributed by atoms with Gasteiger partial charge in [0.1, 0.15) is 15.9 Å². The molecule has 0 radical (unpaired) electrons. The number of amides is 1. The fourth-order valence-electron chi connectivity index (χ4n) is 6.06. The van der Waals surface area contributed by atoms with Gasteiger partial charge >= 0.3 is 11.9 Å². The maximum absolute atomic E-state index is 13.4. The number of sulfone groups is 1. The molecule has 0 aliphatic carbocycles. The Morgan fingerprint density at radius 1 is 0.891 bits per heavy atom. The van der Waals surface area contributed by atoms with Crippen LogP contribution in [0.4, 0.5) is 0 Å². The quantitative estimate of drug-likeness (QED) is 0.136. The Balaban J connectivity index is 0.000000747. The fourth-order valence-corrected chi connectivity index (χ4v) is 7.31. The molecule has 1 fully saturated rings. The number of likely N-dealkylation sites (tertiary alicyclic amines) is 1. The fraction of sp³-hybridized carbons (Fsp3) is 0.512. The van der Waals surface area contributed by atoms with Crippen LogP contribution >= 0.6 is 23.5 Å². The molecule has 306 valence electrons. The molecule has 0 spiro atoms. The van der Waals surface area contributed by atoms with E-state index in [-0.39, 0.29) is 18.1 Å². The Morgan fingerprint density at radius 3 is 2.04 bits per heavy atom. The summed E-state index contributed by atoms with van der Waals surface area (Å²) in [5.74, 6) is -1.83. The number of carboxylic acid groups (broad SMARTS) is 2. The highest BCUT2D eigenvalue weighted by Gasteiger charge is 2.30. The van der Waals surface area contributed by atoms with Crippen LogP contribution in [0.15, 0.2) is 72.8 Å². The van der Waals surface area contributed by atoms with Crippen LogP contribution in [0.25, 0.3) is 11.1 Å². The lowest BCUT2D eigenvalue weighted by molar-refractivity contribution is -0.141. The van der Waals surface area contributed by atoms with Crippen molar-refractivity contribution in [1.82, 2.24) is 10.2 Å². The molecule has 1 aliphatic heterocycles. The zero-order valence-corrected chi connectivity index (χ0v) is 36.7. The van der Waals surface area contributed by atoms with E-state index < -0.39 is 33.7 Å². The second-order valence-electron chi connectivity index (χ2n) is 14.0. The molecule has 1 amide bonds. The van der Waals surface area contributed by atoms with Crippen LogP contribution in [0.5, 0.6) is 0 Å². The molecule has 4 atom stereocenters. The van der Waals surface area contributed by atoms with E-state index in [2.05, 4.69) is 67.4 Å². The third-order valence-corrected chi connectivity index (χ3v) is 10.6. The number of carbonyl (C=O) groups excluding carboxylic acids is 1. The van der Waals surface area contributed by atoms with Gasteiger partial charge in [-0.15, -0.1) is 0 Å². The molecule has 3 aromatic carbocycles. The van der Waals surface area contributed by atoms with Crippen molar-refractivity contribution in [2.45, 2.75) is 91.3 Å². The van der Waals surface area contributed by atoms with E-state index in [1.54, 1.807) is 23.5 Å². The summed E-state index contributed by atoms with van der Waals surface area (Å²) >= 11 is 3.32. The number of rotatable bonds is 15. The highest BCUT2D eigenvalue weighted by atomic mass is 32.2. The number of hydrogen-bond donors (Lipinski definition) is 3. The van der Waals surface area contributed by atoms with E-state index in [0.717, 1.165) is 41.6 Å². The first-order valence-corrected chi connectivity index (χ1v) is 23.9. The zero-order valence-electron chi connectivity index (χ0n) is 34.2. The summed E-state index contributed by atoms with van der Waals surface area (Å²) in [4.78, 5) is 38.0. The molecule has 1 heterocycles. The highest BCUT2D eigenvalue weighted by Crippen LogP contribution is 2.34. The number of carboxylic acids is 2. The van der Waals surface area contributed by atoms with E-state index >= 15 is 0 Å². The summed E-state index contributed by atoms with van der Waals surface area (Å²) in [6.45, 7) is 12.0. The largest absolute Gasteiger partial charge is 0.481 e. The van der Waals surface area contributed by atoms with Crippen molar-refractivity contribution in [1.29, 1.82) is 0 Å². The average molecular weight is 817 g/mol. The first-order valence-electron chi connectivity index (χ1n) is 18.9. The van der Waals surface area contributed by atoms with Crippen molar-refractivity contribution in [3.63, 3.8) is 0 Å². The molecule has 1 aliphatic rings. The van der Waals surface area contributed by atoms with Gasteiger partial charge in [0.05, 0.1) is 11.7 Å². The van der Waals surface area contributed by atoms with Gasteiger partial charge in [-0.1, -0.05) is 94.8 Å². The summed E-state index contributed by atoms with van der Waals surface area (Å²) in [5, 5.41) is 20.8. The van der Waals surface area contributed by atoms with Gasteiger partial charge in [-0.3, -0.25) is 14.5 Å². The second kappa shape index (κ2) is 26.5. The highest BCUT2D eigenvalue weighted by molar-refractivity contribution is 7.98. The van der Waals surface area contributed by atoms with Crippen molar-refractivity contribution in [3.8, 4) is 11.1 Å². The molecule has 55 heavy (non-hydrogen) atoms. The molecule has 0 saturated carbocycles. The third kappa shape index (κ3) is 18.5. The number of hydrogen-bond acceptors (Lipinski definition) is 8. The molecule has 4 unspecified atom stereocenters. The van der Waals surface area contributed by atoms with Crippen molar-refractivity contribution < 1.29 is 33.0 Å². The Bertz CT molecular complexity index is 1700. The number of thioether (sulfide) groups is 2. The molecule has 12 heteroatoms. The Kier molecular flexibility index (Phi) is 24.0. The lowest BCUT2D eigenvalue weighted by atomic mass is 9.91. The topological polar surface area (TPSA) is 141 Å². The Morgan fingerprint density at radius 2 is 1.49 bits per heavy atom. The monoisotopic (exact) mass is 816 g/mol. The van der Waals surface area contributed by atoms with Crippen LogP contribution in [-0.2, 0) is 26.0 Å². The van der Waals surface area contributed by atoms with E-state index in [0.29, 0.717) is 29.7 Å². The molecular formula is C43H64N2O7S3. The number of aryl methyl sites for hydroxylation is 1. The van der Waals surface area contributed by atoms with Gasteiger partial charge in [0.2, 0.25) is 0 Å². The van der Waals surface area contributed by atoms with Crippen molar-refractivity contribution in [2.24, 2.45) is 5.92 Å². The first-order chi connectivity index (χ1) is 26.0.